The Labute approximate surface area is 138 Å². The van der Waals surface area contributed by atoms with Crippen molar-refractivity contribution in [1.29, 1.82) is 5.41 Å². The van der Waals surface area contributed by atoms with E-state index in [0.717, 1.165) is 6.42 Å². The smallest absolute Gasteiger partial charge is 0.267 e. The van der Waals surface area contributed by atoms with Gasteiger partial charge in [-0.05, 0) is 24.8 Å². The molecule has 1 aromatic carbocycles. The molecule has 2 fully saturated rings. The van der Waals surface area contributed by atoms with Crippen LogP contribution in [0.2, 0.25) is 0 Å². The summed E-state index contributed by atoms with van der Waals surface area (Å²) in [6.45, 7) is -0.0456. The number of carbonyl (C=O) groups excluding carboxylic acids is 3. The number of hydrogen-bond acceptors (Lipinski definition) is 5. The Morgan fingerprint density at radius 2 is 1.92 bits per heavy atom. The van der Waals surface area contributed by atoms with Crippen molar-refractivity contribution in [2.75, 3.05) is 11.9 Å². The Kier molecular flexibility index (Phi) is 3.96. The molecule has 0 bridgehead atoms. The molecule has 8 heteroatoms. The maximum Gasteiger partial charge on any atom is 0.267 e. The van der Waals surface area contributed by atoms with Crippen molar-refractivity contribution in [3.05, 3.63) is 29.8 Å². The van der Waals surface area contributed by atoms with E-state index in [-0.39, 0.29) is 24.2 Å². The lowest BCUT2D eigenvalue weighted by atomic mass is 10.1. The Bertz CT molecular complexity index is 732. The fraction of sp³-hybridized carbons (Fsp3) is 0.375. The molecule has 1 aliphatic heterocycles. The van der Waals surface area contributed by atoms with Gasteiger partial charge in [0.15, 0.2) is 0 Å². The number of hydrogen-bond donors (Lipinski definition) is 4. The molecule has 1 saturated heterocycles. The maximum atomic E-state index is 12.5. The molecular formula is C16H19N5O3. The van der Waals surface area contributed by atoms with Crippen molar-refractivity contribution in [1.82, 2.24) is 4.90 Å². The second kappa shape index (κ2) is 5.95. The first-order valence-corrected chi connectivity index (χ1v) is 7.72. The van der Waals surface area contributed by atoms with Crippen LogP contribution in [0.5, 0.6) is 0 Å². The average Bonchev–Trinajstić information content (AvgIpc) is 3.21. The molecule has 0 aromatic heterocycles. The van der Waals surface area contributed by atoms with Gasteiger partial charge in [-0.25, -0.2) is 0 Å². The van der Waals surface area contributed by atoms with Gasteiger partial charge in [0.2, 0.25) is 11.8 Å². The van der Waals surface area contributed by atoms with Gasteiger partial charge in [-0.1, -0.05) is 18.2 Å². The van der Waals surface area contributed by atoms with E-state index >= 15 is 0 Å². The Morgan fingerprint density at radius 3 is 2.58 bits per heavy atom. The fourth-order valence-corrected chi connectivity index (χ4v) is 3.32. The van der Waals surface area contributed by atoms with E-state index in [1.54, 1.807) is 29.2 Å². The predicted molar refractivity (Wildman–Crippen MR) is 87.3 cm³/mol. The molecule has 3 atom stereocenters. The summed E-state index contributed by atoms with van der Waals surface area (Å²) in [5.41, 5.74) is 11.0. The van der Waals surface area contributed by atoms with Crippen LogP contribution in [0.1, 0.15) is 18.4 Å². The van der Waals surface area contributed by atoms with Gasteiger partial charge in [0.1, 0.15) is 11.8 Å². The maximum absolute atomic E-state index is 12.5. The second-order valence-corrected chi connectivity index (χ2v) is 6.16. The number of benzene rings is 1. The minimum Gasteiger partial charge on any atom is -0.376 e. The zero-order valence-corrected chi connectivity index (χ0v) is 13.0. The lowest BCUT2D eigenvalue weighted by Crippen LogP contribution is -2.48. The summed E-state index contributed by atoms with van der Waals surface area (Å²) < 4.78 is 0. The van der Waals surface area contributed by atoms with Gasteiger partial charge in [-0.2, -0.15) is 0 Å². The summed E-state index contributed by atoms with van der Waals surface area (Å²) in [4.78, 5) is 36.8. The number of likely N-dealkylation sites (tertiary alicyclic amines) is 1. The van der Waals surface area contributed by atoms with Gasteiger partial charge < -0.3 is 21.7 Å². The third kappa shape index (κ3) is 2.82. The lowest BCUT2D eigenvalue weighted by molar-refractivity contribution is -0.137. The van der Waals surface area contributed by atoms with Crippen molar-refractivity contribution in [2.45, 2.75) is 24.9 Å². The third-order valence-corrected chi connectivity index (χ3v) is 4.59. The summed E-state index contributed by atoms with van der Waals surface area (Å²) in [6, 6.07) is 6.22. The summed E-state index contributed by atoms with van der Waals surface area (Å²) >= 11 is 0. The molecule has 0 spiro atoms. The summed E-state index contributed by atoms with van der Waals surface area (Å²) in [5, 5.41) is 10.7. The van der Waals surface area contributed by atoms with Crippen molar-refractivity contribution < 1.29 is 14.4 Å². The first kappa shape index (κ1) is 16.0. The van der Waals surface area contributed by atoms with E-state index < -0.39 is 17.9 Å². The molecule has 2 aliphatic rings. The minimum atomic E-state index is -0.843. The van der Waals surface area contributed by atoms with Gasteiger partial charge in [0, 0.05) is 17.3 Å². The lowest BCUT2D eigenvalue weighted by Gasteiger charge is -2.25. The summed E-state index contributed by atoms with van der Waals surface area (Å²) in [7, 11) is 0. The molecule has 1 heterocycles. The first-order valence-electron chi connectivity index (χ1n) is 7.72. The monoisotopic (exact) mass is 329 g/mol. The van der Waals surface area contributed by atoms with Crippen molar-refractivity contribution >= 4 is 29.1 Å². The van der Waals surface area contributed by atoms with Crippen molar-refractivity contribution in [2.24, 2.45) is 17.4 Å². The molecule has 24 heavy (non-hydrogen) atoms. The van der Waals surface area contributed by atoms with Gasteiger partial charge >= 0.3 is 0 Å². The molecule has 1 saturated carbocycles. The topological polar surface area (TPSA) is 142 Å². The molecule has 0 radical (unpaired) electrons. The van der Waals surface area contributed by atoms with Gasteiger partial charge in [0.05, 0.1) is 6.54 Å². The number of nitrogens with two attached hydrogens (primary N) is 2. The Balaban J connectivity index is 1.70. The van der Waals surface area contributed by atoms with Crippen molar-refractivity contribution in [3.63, 3.8) is 0 Å². The van der Waals surface area contributed by atoms with Crippen LogP contribution in [0.25, 0.3) is 0 Å². The van der Waals surface area contributed by atoms with Gasteiger partial charge in [-0.3, -0.25) is 19.8 Å². The second-order valence-electron chi connectivity index (χ2n) is 6.16. The van der Waals surface area contributed by atoms with E-state index in [2.05, 4.69) is 5.32 Å². The highest BCUT2D eigenvalue weighted by Crippen LogP contribution is 2.47. The molecule has 1 aliphatic carbocycles. The van der Waals surface area contributed by atoms with Crippen LogP contribution in [0.4, 0.5) is 5.69 Å². The number of piperidine rings is 1. The quantitative estimate of drug-likeness (QED) is 0.518. The van der Waals surface area contributed by atoms with E-state index in [1.807, 2.05) is 0 Å². The van der Waals surface area contributed by atoms with Gasteiger partial charge in [-0.15, -0.1) is 0 Å². The molecule has 8 nitrogen and oxygen atoms in total. The van der Waals surface area contributed by atoms with Crippen LogP contribution in [0.15, 0.2) is 24.3 Å². The number of fused-ring (bicyclic) bond motifs is 1. The number of nitrogens with one attached hydrogen (secondary N) is 2. The fourth-order valence-electron chi connectivity index (χ4n) is 3.32. The Hall–Kier alpha value is -2.90. The zero-order valence-electron chi connectivity index (χ0n) is 13.0. The van der Waals surface area contributed by atoms with E-state index in [0.29, 0.717) is 23.6 Å². The summed E-state index contributed by atoms with van der Waals surface area (Å²) in [5.74, 6) is -1.16. The number of carbonyl (C=O) groups is 3. The standard InChI is InChI=1S/C16H19N5O3/c17-14(16(19)24)9-3-1-2-4-10(9)20-7-13(22)21-11-5-8(11)6-12(21)15(18)23/h1-4,8,11-12,17,20H,5-7H2,(H2,18,23)(H2,19,24)/t8-,11-,12+/m1/s1. The molecule has 3 rings (SSSR count). The molecule has 1 aromatic rings. The summed E-state index contributed by atoms with van der Waals surface area (Å²) in [6.07, 6.45) is 1.55. The van der Waals surface area contributed by atoms with Crippen LogP contribution >= 0.6 is 0 Å². The van der Waals surface area contributed by atoms with Crippen LogP contribution in [0.3, 0.4) is 0 Å². The number of para-hydroxylation sites is 1. The SMILES string of the molecule is N=C(C(N)=O)c1ccccc1NCC(=O)N1[C@@H]2C[C@@H]2C[C@H]1C(N)=O. The van der Waals surface area contributed by atoms with Crippen LogP contribution in [-0.2, 0) is 14.4 Å². The van der Waals surface area contributed by atoms with Crippen LogP contribution < -0.4 is 16.8 Å². The first-order chi connectivity index (χ1) is 11.4. The number of nitrogens with zero attached hydrogens (tertiary/aromatic N) is 1. The third-order valence-electron chi connectivity index (χ3n) is 4.59. The highest BCUT2D eigenvalue weighted by Gasteiger charge is 2.55. The molecule has 126 valence electrons. The molecule has 0 unspecified atom stereocenters. The molecule has 6 N–H and O–H groups in total. The number of rotatable bonds is 6. The highest BCUT2D eigenvalue weighted by molar-refractivity contribution is 6.44. The normalized spacial score (nSPS) is 24.2. The van der Waals surface area contributed by atoms with Crippen molar-refractivity contribution in [3.8, 4) is 0 Å². The van der Waals surface area contributed by atoms with Crippen LogP contribution in [0, 0.1) is 11.3 Å². The van der Waals surface area contributed by atoms with E-state index in [1.165, 1.54) is 0 Å². The van der Waals surface area contributed by atoms with E-state index in [9.17, 15) is 14.4 Å². The van der Waals surface area contributed by atoms with Crippen LogP contribution in [-0.4, -0.2) is 47.0 Å². The van der Waals surface area contributed by atoms with E-state index in [4.69, 9.17) is 16.9 Å². The number of anilines is 1. The minimum absolute atomic E-state index is 0.0456. The van der Waals surface area contributed by atoms with Gasteiger partial charge in [0.25, 0.3) is 5.91 Å². The highest BCUT2D eigenvalue weighted by atomic mass is 16.2. The number of amides is 3. The zero-order chi connectivity index (χ0) is 17.4. The largest absolute Gasteiger partial charge is 0.376 e. The average molecular weight is 329 g/mol. The Morgan fingerprint density at radius 1 is 1.21 bits per heavy atom. The predicted octanol–water partition coefficient (Wildman–Crippen LogP) is -0.574. The molecule has 3 amide bonds. The number of primary amides is 2. The molecular weight excluding hydrogens is 310 g/mol.